The zero-order chi connectivity index (χ0) is 13.0. The Morgan fingerprint density at radius 3 is 2.28 bits per heavy atom. The molecule has 0 saturated heterocycles. The van der Waals surface area contributed by atoms with Gasteiger partial charge in [-0.15, -0.1) is 0 Å². The number of hydrogen-bond donors (Lipinski definition) is 1. The molecule has 0 radical (unpaired) electrons. The molecule has 0 amide bonds. The lowest BCUT2D eigenvalue weighted by Crippen LogP contribution is -2.07. The van der Waals surface area contributed by atoms with Gasteiger partial charge < -0.3 is 5.11 Å². The number of Topliss-reactive ketones (excluding diaryl/α,β-unsaturated/α-hetero) is 1. The summed E-state index contributed by atoms with van der Waals surface area (Å²) in [5.74, 6) is -0.493. The molecule has 2 aromatic carbocycles. The molecule has 92 valence electrons. The number of carbonyl (C=O) groups is 1. The van der Waals surface area contributed by atoms with Gasteiger partial charge in [0.2, 0.25) is 0 Å². The number of halogens is 1. The Balaban J connectivity index is 2.06. The van der Waals surface area contributed by atoms with Gasteiger partial charge in [-0.1, -0.05) is 42.5 Å². The van der Waals surface area contributed by atoms with Crippen molar-refractivity contribution in [1.82, 2.24) is 0 Å². The maximum absolute atomic E-state index is 12.7. The van der Waals surface area contributed by atoms with Crippen LogP contribution in [0.1, 0.15) is 28.4 Å². The van der Waals surface area contributed by atoms with Crippen molar-refractivity contribution in [3.05, 3.63) is 71.5 Å². The fourth-order valence-corrected chi connectivity index (χ4v) is 1.72. The Labute approximate surface area is 105 Å². The van der Waals surface area contributed by atoms with Crippen LogP contribution in [0.3, 0.4) is 0 Å². The number of hydrogen-bond acceptors (Lipinski definition) is 2. The Hall–Kier alpha value is -2.00. The van der Waals surface area contributed by atoms with Crippen LogP contribution in [0, 0.1) is 5.82 Å². The third kappa shape index (κ3) is 3.02. The van der Waals surface area contributed by atoms with Crippen LogP contribution >= 0.6 is 0 Å². The summed E-state index contributed by atoms with van der Waals surface area (Å²) in [4.78, 5) is 11.9. The van der Waals surface area contributed by atoms with Crippen LogP contribution in [0.4, 0.5) is 4.39 Å². The van der Waals surface area contributed by atoms with Gasteiger partial charge >= 0.3 is 0 Å². The zero-order valence-corrected chi connectivity index (χ0v) is 9.71. The first kappa shape index (κ1) is 12.5. The van der Waals surface area contributed by atoms with Crippen LogP contribution in [0.25, 0.3) is 0 Å². The molecule has 18 heavy (non-hydrogen) atoms. The van der Waals surface area contributed by atoms with Crippen LogP contribution < -0.4 is 0 Å². The fourth-order valence-electron chi connectivity index (χ4n) is 1.72. The predicted molar refractivity (Wildman–Crippen MR) is 66.7 cm³/mol. The molecule has 0 aromatic heterocycles. The smallest absolute Gasteiger partial charge is 0.165 e. The average Bonchev–Trinajstić information content (AvgIpc) is 2.40. The van der Waals surface area contributed by atoms with Crippen LogP contribution in [-0.4, -0.2) is 10.9 Å². The lowest BCUT2D eigenvalue weighted by atomic mass is 10.0. The monoisotopic (exact) mass is 244 g/mol. The first-order valence-electron chi connectivity index (χ1n) is 5.68. The van der Waals surface area contributed by atoms with E-state index >= 15 is 0 Å². The summed E-state index contributed by atoms with van der Waals surface area (Å²) in [6, 6.07) is 14.3. The third-order valence-corrected chi connectivity index (χ3v) is 2.73. The lowest BCUT2D eigenvalue weighted by Gasteiger charge is -2.10. The van der Waals surface area contributed by atoms with Crippen molar-refractivity contribution in [1.29, 1.82) is 0 Å². The van der Waals surface area contributed by atoms with E-state index in [0.717, 1.165) is 0 Å². The lowest BCUT2D eigenvalue weighted by molar-refractivity contribution is 0.0880. The van der Waals surface area contributed by atoms with Gasteiger partial charge in [0.15, 0.2) is 5.78 Å². The molecule has 1 atom stereocenters. The van der Waals surface area contributed by atoms with E-state index in [-0.39, 0.29) is 18.0 Å². The summed E-state index contributed by atoms with van der Waals surface area (Å²) in [6.07, 6.45) is -0.909. The van der Waals surface area contributed by atoms with E-state index < -0.39 is 6.10 Å². The van der Waals surface area contributed by atoms with Crippen LogP contribution in [0.2, 0.25) is 0 Å². The minimum absolute atomic E-state index is 0.00432. The summed E-state index contributed by atoms with van der Waals surface area (Å²) in [7, 11) is 0. The number of benzene rings is 2. The molecule has 0 aliphatic carbocycles. The predicted octanol–water partition coefficient (Wildman–Crippen LogP) is 3.13. The van der Waals surface area contributed by atoms with Gasteiger partial charge in [-0.25, -0.2) is 4.39 Å². The molecule has 2 rings (SSSR count). The van der Waals surface area contributed by atoms with Crippen molar-refractivity contribution in [3.63, 3.8) is 0 Å². The Bertz CT molecular complexity index is 520. The van der Waals surface area contributed by atoms with Crippen LogP contribution in [-0.2, 0) is 0 Å². The van der Waals surface area contributed by atoms with Gasteiger partial charge in [0.25, 0.3) is 0 Å². The molecular formula is C15H13FO2. The van der Waals surface area contributed by atoms with E-state index in [0.29, 0.717) is 11.1 Å². The van der Waals surface area contributed by atoms with Crippen molar-refractivity contribution in [2.75, 3.05) is 0 Å². The molecule has 2 aromatic rings. The highest BCUT2D eigenvalue weighted by Gasteiger charge is 2.14. The molecule has 0 heterocycles. The fraction of sp³-hybridized carbons (Fsp3) is 0.133. The number of carbonyl (C=O) groups excluding carboxylic acids is 1. The van der Waals surface area contributed by atoms with E-state index in [9.17, 15) is 14.3 Å². The number of ketones is 1. The van der Waals surface area contributed by atoms with Crippen LogP contribution in [0.15, 0.2) is 54.6 Å². The van der Waals surface area contributed by atoms with E-state index in [4.69, 9.17) is 0 Å². The van der Waals surface area contributed by atoms with Gasteiger partial charge in [0, 0.05) is 12.0 Å². The summed E-state index contributed by atoms with van der Waals surface area (Å²) < 4.78 is 12.7. The quantitative estimate of drug-likeness (QED) is 0.839. The molecule has 0 fully saturated rings. The summed E-state index contributed by atoms with van der Waals surface area (Å²) in [5, 5.41) is 9.90. The zero-order valence-electron chi connectivity index (χ0n) is 9.71. The van der Waals surface area contributed by atoms with E-state index in [1.165, 1.54) is 24.3 Å². The molecule has 0 aliphatic heterocycles. The van der Waals surface area contributed by atoms with Crippen LogP contribution in [0.5, 0.6) is 0 Å². The molecule has 2 nitrogen and oxygen atoms in total. The first-order chi connectivity index (χ1) is 8.66. The molecule has 0 spiro atoms. The van der Waals surface area contributed by atoms with Gasteiger partial charge in [0.05, 0.1) is 6.10 Å². The Kier molecular flexibility index (Phi) is 3.85. The molecule has 1 unspecified atom stereocenters. The standard InChI is InChI=1S/C15H13FO2/c16-13-8-6-12(7-9-13)15(18)10-14(17)11-4-2-1-3-5-11/h1-9,15,18H,10H2. The van der Waals surface area contributed by atoms with Gasteiger partial charge in [0.1, 0.15) is 5.82 Å². The second-order valence-corrected chi connectivity index (χ2v) is 4.06. The van der Waals surface area contributed by atoms with Crippen molar-refractivity contribution < 1.29 is 14.3 Å². The second kappa shape index (κ2) is 5.56. The molecule has 0 saturated carbocycles. The number of aliphatic hydroxyl groups excluding tert-OH is 1. The SMILES string of the molecule is O=C(CC(O)c1ccc(F)cc1)c1ccccc1. The maximum Gasteiger partial charge on any atom is 0.165 e. The van der Waals surface area contributed by atoms with Gasteiger partial charge in [-0.3, -0.25) is 4.79 Å². The largest absolute Gasteiger partial charge is 0.388 e. The molecule has 3 heteroatoms. The maximum atomic E-state index is 12.7. The van der Waals surface area contributed by atoms with E-state index in [1.807, 2.05) is 6.07 Å². The Morgan fingerprint density at radius 2 is 1.67 bits per heavy atom. The van der Waals surface area contributed by atoms with Gasteiger partial charge in [-0.05, 0) is 17.7 Å². The number of aliphatic hydroxyl groups is 1. The van der Waals surface area contributed by atoms with E-state index in [1.54, 1.807) is 24.3 Å². The third-order valence-electron chi connectivity index (χ3n) is 2.73. The number of rotatable bonds is 4. The normalized spacial score (nSPS) is 12.1. The topological polar surface area (TPSA) is 37.3 Å². The van der Waals surface area contributed by atoms with Crippen molar-refractivity contribution in [2.24, 2.45) is 0 Å². The minimum atomic E-state index is -0.904. The Morgan fingerprint density at radius 1 is 1.06 bits per heavy atom. The summed E-state index contributed by atoms with van der Waals surface area (Å²) in [5.41, 5.74) is 1.11. The van der Waals surface area contributed by atoms with E-state index in [2.05, 4.69) is 0 Å². The van der Waals surface area contributed by atoms with Gasteiger partial charge in [-0.2, -0.15) is 0 Å². The highest BCUT2D eigenvalue weighted by atomic mass is 19.1. The highest BCUT2D eigenvalue weighted by molar-refractivity contribution is 5.96. The van der Waals surface area contributed by atoms with Crippen molar-refractivity contribution in [2.45, 2.75) is 12.5 Å². The van der Waals surface area contributed by atoms with Crippen molar-refractivity contribution >= 4 is 5.78 Å². The second-order valence-electron chi connectivity index (χ2n) is 4.06. The summed E-state index contributed by atoms with van der Waals surface area (Å²) >= 11 is 0. The van der Waals surface area contributed by atoms with Crippen molar-refractivity contribution in [3.8, 4) is 0 Å². The first-order valence-corrected chi connectivity index (χ1v) is 5.68. The molecular weight excluding hydrogens is 231 g/mol. The molecule has 0 bridgehead atoms. The summed E-state index contributed by atoms with van der Waals surface area (Å²) in [6.45, 7) is 0. The average molecular weight is 244 g/mol. The minimum Gasteiger partial charge on any atom is -0.388 e. The molecule has 0 aliphatic rings. The highest BCUT2D eigenvalue weighted by Crippen LogP contribution is 2.19. The molecule has 1 N–H and O–H groups in total.